The summed E-state index contributed by atoms with van der Waals surface area (Å²) in [5.74, 6) is -0.438. The number of nitrogens with one attached hydrogen (secondary N) is 1. The number of nitrogens with two attached hydrogens (primary N) is 1. The average Bonchev–Trinajstić information content (AvgIpc) is 2.55. The molecule has 0 aliphatic rings. The average molecular weight is 333 g/mol. The van der Waals surface area contributed by atoms with Crippen molar-refractivity contribution in [3.05, 3.63) is 64.2 Å². The lowest BCUT2D eigenvalue weighted by atomic mass is 10.1. The van der Waals surface area contributed by atoms with Crippen LogP contribution >= 0.6 is 11.6 Å². The van der Waals surface area contributed by atoms with Crippen LogP contribution in [0.4, 0.5) is 17.1 Å². The largest absolute Gasteiger partial charge is 0.386 e. The van der Waals surface area contributed by atoms with Crippen molar-refractivity contribution in [2.45, 2.75) is 0 Å². The molecule has 118 valence electrons. The third-order valence-corrected chi connectivity index (χ3v) is 3.14. The molecule has 0 aliphatic heterocycles. The zero-order valence-corrected chi connectivity index (χ0v) is 12.7. The maximum atomic E-state index is 12.4. The predicted octanol–water partition coefficient (Wildman–Crippen LogP) is 3.07. The Morgan fingerprint density at radius 3 is 2.57 bits per heavy atom. The number of nitro groups is 1. The number of amidine groups is 1. The van der Waals surface area contributed by atoms with E-state index in [1.165, 1.54) is 12.1 Å². The number of anilines is 1. The molecule has 0 saturated heterocycles. The minimum absolute atomic E-state index is 0.0171. The summed E-state index contributed by atoms with van der Waals surface area (Å²) < 4.78 is 0. The summed E-state index contributed by atoms with van der Waals surface area (Å²) in [6, 6.07) is 12.5. The van der Waals surface area contributed by atoms with Gasteiger partial charge in [-0.3, -0.25) is 14.9 Å². The Bertz CT molecular complexity index is 763. The minimum atomic E-state index is -0.586. The number of hydrogen-bond acceptors (Lipinski definition) is 4. The first-order chi connectivity index (χ1) is 11.0. The monoisotopic (exact) mass is 332 g/mol. The second-order valence-electron chi connectivity index (χ2n) is 4.52. The van der Waals surface area contributed by atoms with E-state index in [-0.39, 0.29) is 28.7 Å². The standard InChI is InChI=1S/C15H13ClN4O3/c16-9-14(17)19-13-7-6-11(20(22)23)8-12(13)15(21)18-10-4-2-1-3-5-10/h1-8H,9H2,(H2,17,19)(H,18,21). The van der Waals surface area contributed by atoms with Crippen LogP contribution < -0.4 is 11.1 Å². The van der Waals surface area contributed by atoms with Crippen molar-refractivity contribution in [2.24, 2.45) is 10.7 Å². The normalized spacial score (nSPS) is 11.1. The molecule has 0 aliphatic carbocycles. The predicted molar refractivity (Wildman–Crippen MR) is 89.5 cm³/mol. The molecule has 8 heteroatoms. The third-order valence-electron chi connectivity index (χ3n) is 2.87. The molecule has 0 fully saturated rings. The van der Waals surface area contributed by atoms with Crippen molar-refractivity contribution < 1.29 is 9.72 Å². The van der Waals surface area contributed by atoms with Gasteiger partial charge in [-0.15, -0.1) is 11.6 Å². The van der Waals surface area contributed by atoms with Gasteiger partial charge in [0.15, 0.2) is 0 Å². The number of carbonyl (C=O) groups is 1. The number of non-ortho nitro benzene ring substituents is 1. The van der Waals surface area contributed by atoms with E-state index in [0.29, 0.717) is 5.69 Å². The number of amides is 1. The lowest BCUT2D eigenvalue weighted by molar-refractivity contribution is -0.384. The first-order valence-electron chi connectivity index (χ1n) is 6.55. The van der Waals surface area contributed by atoms with Gasteiger partial charge in [-0.25, -0.2) is 4.99 Å². The van der Waals surface area contributed by atoms with Crippen LogP contribution in [0.5, 0.6) is 0 Å². The van der Waals surface area contributed by atoms with Gasteiger partial charge in [-0.05, 0) is 18.2 Å². The number of nitrogens with zero attached hydrogens (tertiary/aromatic N) is 2. The summed E-state index contributed by atoms with van der Waals surface area (Å²) in [6.45, 7) is 0. The Morgan fingerprint density at radius 2 is 1.96 bits per heavy atom. The van der Waals surface area contributed by atoms with Crippen molar-refractivity contribution in [2.75, 3.05) is 11.2 Å². The van der Waals surface area contributed by atoms with E-state index in [1.807, 2.05) is 0 Å². The lowest BCUT2D eigenvalue weighted by Crippen LogP contribution is -2.15. The molecule has 1 amide bonds. The molecule has 3 N–H and O–H groups in total. The van der Waals surface area contributed by atoms with Gasteiger partial charge in [0.25, 0.3) is 11.6 Å². The van der Waals surface area contributed by atoms with Gasteiger partial charge in [0.2, 0.25) is 0 Å². The van der Waals surface area contributed by atoms with Gasteiger partial charge >= 0.3 is 0 Å². The summed E-state index contributed by atoms with van der Waals surface area (Å²) in [6.07, 6.45) is 0. The summed E-state index contributed by atoms with van der Waals surface area (Å²) in [5, 5.41) is 13.6. The number of hydrogen-bond donors (Lipinski definition) is 2. The van der Waals surface area contributed by atoms with E-state index in [9.17, 15) is 14.9 Å². The van der Waals surface area contributed by atoms with Crippen LogP contribution in [-0.4, -0.2) is 22.5 Å². The Balaban J connectivity index is 2.42. The Labute approximate surface area is 136 Å². The van der Waals surface area contributed by atoms with E-state index < -0.39 is 10.8 Å². The number of halogens is 1. The molecule has 2 rings (SSSR count). The molecule has 0 unspecified atom stereocenters. The highest BCUT2D eigenvalue weighted by Crippen LogP contribution is 2.25. The quantitative estimate of drug-likeness (QED) is 0.288. The van der Waals surface area contributed by atoms with Gasteiger partial charge in [0, 0.05) is 17.8 Å². The fourth-order valence-electron chi connectivity index (χ4n) is 1.82. The van der Waals surface area contributed by atoms with Crippen LogP contribution in [0.25, 0.3) is 0 Å². The lowest BCUT2D eigenvalue weighted by Gasteiger charge is -2.08. The Hall–Kier alpha value is -2.93. The highest BCUT2D eigenvalue weighted by molar-refractivity contribution is 6.28. The van der Waals surface area contributed by atoms with Gasteiger partial charge in [-0.1, -0.05) is 18.2 Å². The zero-order valence-electron chi connectivity index (χ0n) is 11.9. The molecular weight excluding hydrogens is 320 g/mol. The molecule has 0 saturated carbocycles. The van der Waals surface area contributed by atoms with E-state index >= 15 is 0 Å². The molecule has 2 aromatic carbocycles. The summed E-state index contributed by atoms with van der Waals surface area (Å²) in [4.78, 5) is 26.8. The number of para-hydroxylation sites is 1. The Kier molecular flexibility index (Phi) is 5.27. The first kappa shape index (κ1) is 16.4. The SMILES string of the molecule is NC(CCl)=Nc1ccc([N+](=O)[O-])cc1C(=O)Nc1ccccc1. The molecule has 0 heterocycles. The highest BCUT2D eigenvalue weighted by atomic mass is 35.5. The van der Waals surface area contributed by atoms with Crippen molar-refractivity contribution in [3.63, 3.8) is 0 Å². The van der Waals surface area contributed by atoms with Crippen LogP contribution in [-0.2, 0) is 0 Å². The first-order valence-corrected chi connectivity index (χ1v) is 7.08. The van der Waals surface area contributed by atoms with Gasteiger partial charge < -0.3 is 11.1 Å². The van der Waals surface area contributed by atoms with Gasteiger partial charge in [0.05, 0.1) is 22.1 Å². The topological polar surface area (TPSA) is 111 Å². The van der Waals surface area contributed by atoms with Crippen LogP contribution in [0.2, 0.25) is 0 Å². The highest BCUT2D eigenvalue weighted by Gasteiger charge is 2.17. The second kappa shape index (κ2) is 7.37. The second-order valence-corrected chi connectivity index (χ2v) is 4.78. The van der Waals surface area contributed by atoms with Gasteiger partial charge in [0.1, 0.15) is 5.84 Å². The van der Waals surface area contributed by atoms with Crippen LogP contribution in [0.1, 0.15) is 10.4 Å². The molecule has 0 atom stereocenters. The maximum absolute atomic E-state index is 12.4. The fraction of sp³-hybridized carbons (Fsp3) is 0.0667. The van der Waals surface area contributed by atoms with E-state index in [2.05, 4.69) is 10.3 Å². The van der Waals surface area contributed by atoms with Crippen LogP contribution in [0.15, 0.2) is 53.5 Å². The molecule has 23 heavy (non-hydrogen) atoms. The van der Waals surface area contributed by atoms with E-state index in [1.54, 1.807) is 30.3 Å². The smallest absolute Gasteiger partial charge is 0.270 e. The minimum Gasteiger partial charge on any atom is -0.386 e. The van der Waals surface area contributed by atoms with Crippen molar-refractivity contribution in [1.82, 2.24) is 0 Å². The third kappa shape index (κ3) is 4.27. The number of carbonyl (C=O) groups excluding carboxylic acids is 1. The van der Waals surface area contributed by atoms with Crippen molar-refractivity contribution in [1.29, 1.82) is 0 Å². The summed E-state index contributed by atoms with van der Waals surface area (Å²) in [7, 11) is 0. The van der Waals surface area contributed by atoms with Crippen molar-refractivity contribution >= 4 is 40.4 Å². The molecule has 0 bridgehead atoms. The van der Waals surface area contributed by atoms with Crippen LogP contribution in [0.3, 0.4) is 0 Å². The molecule has 0 radical (unpaired) electrons. The zero-order chi connectivity index (χ0) is 16.8. The number of rotatable bonds is 5. The molecule has 7 nitrogen and oxygen atoms in total. The van der Waals surface area contributed by atoms with Crippen LogP contribution in [0, 0.1) is 10.1 Å². The number of benzene rings is 2. The number of alkyl halides is 1. The van der Waals surface area contributed by atoms with Gasteiger partial charge in [-0.2, -0.15) is 0 Å². The van der Waals surface area contributed by atoms with Crippen molar-refractivity contribution in [3.8, 4) is 0 Å². The number of nitro benzene ring substituents is 1. The molecular formula is C15H13ClN4O3. The number of aliphatic imine (C=N–C) groups is 1. The fourth-order valence-corrected chi connectivity index (χ4v) is 1.88. The molecule has 2 aromatic rings. The summed E-state index contributed by atoms with van der Waals surface area (Å²) >= 11 is 5.58. The Morgan fingerprint density at radius 1 is 1.26 bits per heavy atom. The molecule has 0 spiro atoms. The molecule has 0 aromatic heterocycles. The maximum Gasteiger partial charge on any atom is 0.270 e. The van der Waals surface area contributed by atoms with E-state index in [0.717, 1.165) is 6.07 Å². The van der Waals surface area contributed by atoms with E-state index in [4.69, 9.17) is 17.3 Å². The summed E-state index contributed by atoms with van der Waals surface area (Å²) in [5.41, 5.74) is 6.17.